The number of rotatable bonds is 8. The highest BCUT2D eigenvalue weighted by Crippen LogP contribution is 2.17. The molecule has 1 atom stereocenters. The van der Waals surface area contributed by atoms with Crippen molar-refractivity contribution in [3.05, 3.63) is 51.2 Å². The summed E-state index contributed by atoms with van der Waals surface area (Å²) in [5.41, 5.74) is 7.39. The van der Waals surface area contributed by atoms with Crippen molar-refractivity contribution in [2.45, 2.75) is 33.7 Å². The molecular formula is C19H26FN5OS. The van der Waals surface area contributed by atoms with Crippen LogP contribution < -0.4 is 16.4 Å². The van der Waals surface area contributed by atoms with Crippen LogP contribution in [0, 0.1) is 25.6 Å². The number of primary amides is 1. The maximum absolute atomic E-state index is 13.0. The molecule has 0 bridgehead atoms. The molecule has 1 unspecified atom stereocenters. The number of amides is 1. The van der Waals surface area contributed by atoms with Gasteiger partial charge in [0, 0.05) is 18.0 Å². The highest BCUT2D eigenvalue weighted by molar-refractivity contribution is 7.11. The topological polar surface area (TPSA) is 92.4 Å². The molecule has 27 heavy (non-hydrogen) atoms. The van der Waals surface area contributed by atoms with Crippen LogP contribution >= 0.6 is 11.3 Å². The van der Waals surface area contributed by atoms with Crippen LogP contribution in [0.5, 0.6) is 0 Å². The number of aryl methyl sites for hydroxylation is 2. The van der Waals surface area contributed by atoms with Crippen molar-refractivity contribution in [2.24, 2.45) is 16.6 Å². The van der Waals surface area contributed by atoms with E-state index in [1.807, 2.05) is 20.8 Å². The molecule has 0 fully saturated rings. The average Bonchev–Trinajstić information content (AvgIpc) is 2.94. The second kappa shape index (κ2) is 10.0. The Kier molecular flexibility index (Phi) is 7.72. The fourth-order valence-corrected chi connectivity index (χ4v) is 3.47. The number of nitrogens with one attached hydrogen (secondary N) is 2. The van der Waals surface area contributed by atoms with Crippen LogP contribution in [0.25, 0.3) is 0 Å². The Morgan fingerprint density at radius 3 is 2.56 bits per heavy atom. The van der Waals surface area contributed by atoms with Gasteiger partial charge in [-0.1, -0.05) is 12.1 Å². The van der Waals surface area contributed by atoms with E-state index in [9.17, 15) is 9.18 Å². The highest BCUT2D eigenvalue weighted by Gasteiger charge is 2.17. The lowest BCUT2D eigenvalue weighted by Gasteiger charge is -2.17. The zero-order valence-corrected chi connectivity index (χ0v) is 16.7. The van der Waals surface area contributed by atoms with Crippen molar-refractivity contribution in [1.29, 1.82) is 0 Å². The zero-order valence-electron chi connectivity index (χ0n) is 15.9. The smallest absolute Gasteiger partial charge is 0.222 e. The predicted molar refractivity (Wildman–Crippen MR) is 107 cm³/mol. The summed E-state index contributed by atoms with van der Waals surface area (Å²) in [4.78, 5) is 21.9. The second-order valence-corrected chi connectivity index (χ2v) is 7.54. The predicted octanol–water partition coefficient (Wildman–Crippen LogP) is 2.30. The number of guanidine groups is 1. The van der Waals surface area contributed by atoms with E-state index >= 15 is 0 Å². The first-order valence-electron chi connectivity index (χ1n) is 8.87. The maximum Gasteiger partial charge on any atom is 0.222 e. The monoisotopic (exact) mass is 391 g/mol. The van der Waals surface area contributed by atoms with Crippen molar-refractivity contribution < 1.29 is 9.18 Å². The number of carbonyl (C=O) groups is 1. The minimum absolute atomic E-state index is 0.303. The van der Waals surface area contributed by atoms with Gasteiger partial charge in [-0.2, -0.15) is 0 Å². The zero-order chi connectivity index (χ0) is 19.8. The molecule has 0 radical (unpaired) electrons. The molecular weight excluding hydrogens is 365 g/mol. The van der Waals surface area contributed by atoms with E-state index in [2.05, 4.69) is 20.6 Å². The van der Waals surface area contributed by atoms with Gasteiger partial charge in [-0.25, -0.2) is 14.4 Å². The standard InChI is InChI=1S/C19H26FN5OS/c1-4-22-19(24-11-17-12(2)25-13(3)27-17)23-10-15(18(21)26)9-14-5-7-16(20)8-6-14/h5-8,15H,4,9-11H2,1-3H3,(H2,21,26)(H2,22,23,24). The van der Waals surface area contributed by atoms with Crippen molar-refractivity contribution in [2.75, 3.05) is 13.1 Å². The molecule has 0 aliphatic carbocycles. The van der Waals surface area contributed by atoms with Crippen LogP contribution in [-0.2, 0) is 17.8 Å². The lowest BCUT2D eigenvalue weighted by molar-refractivity contribution is -0.121. The summed E-state index contributed by atoms with van der Waals surface area (Å²) in [6, 6.07) is 6.09. The van der Waals surface area contributed by atoms with Crippen LogP contribution in [0.3, 0.4) is 0 Å². The number of carbonyl (C=O) groups excluding carboxylic acids is 1. The molecule has 4 N–H and O–H groups in total. The van der Waals surface area contributed by atoms with E-state index in [1.54, 1.807) is 23.5 Å². The quantitative estimate of drug-likeness (QED) is 0.476. The van der Waals surface area contributed by atoms with Crippen molar-refractivity contribution >= 4 is 23.2 Å². The van der Waals surface area contributed by atoms with Crippen LogP contribution in [-0.4, -0.2) is 29.9 Å². The fraction of sp³-hybridized carbons (Fsp3) is 0.421. The number of nitrogens with two attached hydrogens (primary N) is 1. The summed E-state index contributed by atoms with van der Waals surface area (Å²) < 4.78 is 13.0. The molecule has 8 heteroatoms. The van der Waals surface area contributed by atoms with Gasteiger partial charge in [-0.15, -0.1) is 11.3 Å². The molecule has 0 aliphatic rings. The normalized spacial score (nSPS) is 12.7. The SMILES string of the molecule is CCNC(=NCc1sc(C)nc1C)NCC(Cc1ccc(F)cc1)C(N)=O. The number of hydrogen-bond acceptors (Lipinski definition) is 4. The van der Waals surface area contributed by atoms with Crippen molar-refractivity contribution in [1.82, 2.24) is 15.6 Å². The molecule has 2 aromatic rings. The third-order valence-electron chi connectivity index (χ3n) is 4.04. The fourth-order valence-electron chi connectivity index (χ4n) is 2.61. The number of thiazole rings is 1. The van der Waals surface area contributed by atoms with E-state index in [0.29, 0.717) is 32.0 Å². The molecule has 0 saturated carbocycles. The van der Waals surface area contributed by atoms with Gasteiger partial charge >= 0.3 is 0 Å². The lowest BCUT2D eigenvalue weighted by atomic mass is 9.98. The van der Waals surface area contributed by atoms with Gasteiger partial charge in [0.25, 0.3) is 0 Å². The highest BCUT2D eigenvalue weighted by atomic mass is 32.1. The number of hydrogen-bond donors (Lipinski definition) is 3. The van der Waals surface area contributed by atoms with Gasteiger partial charge in [-0.05, 0) is 44.9 Å². The molecule has 0 aliphatic heterocycles. The van der Waals surface area contributed by atoms with Gasteiger partial charge in [0.15, 0.2) is 5.96 Å². The van der Waals surface area contributed by atoms with Gasteiger partial charge in [0.05, 0.1) is 23.2 Å². The van der Waals surface area contributed by atoms with E-state index in [1.165, 1.54) is 12.1 Å². The van der Waals surface area contributed by atoms with Crippen molar-refractivity contribution in [3.63, 3.8) is 0 Å². The number of halogens is 1. The third-order valence-corrected chi connectivity index (χ3v) is 5.10. The number of benzene rings is 1. The van der Waals surface area contributed by atoms with Gasteiger partial charge in [0.1, 0.15) is 5.82 Å². The summed E-state index contributed by atoms with van der Waals surface area (Å²) in [6.45, 7) is 7.49. The molecule has 1 heterocycles. The third kappa shape index (κ3) is 6.63. The summed E-state index contributed by atoms with van der Waals surface area (Å²) >= 11 is 1.63. The van der Waals surface area contributed by atoms with Gasteiger partial charge < -0.3 is 16.4 Å². The Morgan fingerprint density at radius 2 is 2.00 bits per heavy atom. The largest absolute Gasteiger partial charge is 0.369 e. The Labute approximate surface area is 163 Å². The first kappa shape index (κ1) is 20.8. The molecule has 146 valence electrons. The summed E-state index contributed by atoms with van der Waals surface area (Å²) in [6.07, 6.45) is 0.440. The molecule has 2 rings (SSSR count). The maximum atomic E-state index is 13.0. The lowest BCUT2D eigenvalue weighted by Crippen LogP contribution is -2.43. The minimum atomic E-state index is -0.424. The Morgan fingerprint density at radius 1 is 1.30 bits per heavy atom. The summed E-state index contributed by atoms with van der Waals surface area (Å²) in [5, 5.41) is 7.36. The Bertz CT molecular complexity index is 788. The molecule has 1 amide bonds. The number of nitrogens with zero attached hydrogens (tertiary/aromatic N) is 2. The molecule has 1 aromatic heterocycles. The van der Waals surface area contributed by atoms with Crippen LogP contribution in [0.15, 0.2) is 29.3 Å². The summed E-state index contributed by atoms with van der Waals surface area (Å²) in [5.74, 6) is -0.515. The average molecular weight is 392 g/mol. The first-order chi connectivity index (χ1) is 12.9. The number of aromatic nitrogens is 1. The van der Waals surface area contributed by atoms with E-state index in [-0.39, 0.29) is 5.82 Å². The molecule has 6 nitrogen and oxygen atoms in total. The molecule has 1 aromatic carbocycles. The molecule has 0 spiro atoms. The van der Waals surface area contributed by atoms with Crippen LogP contribution in [0.2, 0.25) is 0 Å². The van der Waals surface area contributed by atoms with Gasteiger partial charge in [0.2, 0.25) is 5.91 Å². The van der Waals surface area contributed by atoms with Crippen LogP contribution in [0.1, 0.15) is 28.1 Å². The van der Waals surface area contributed by atoms with Crippen molar-refractivity contribution in [3.8, 4) is 0 Å². The summed E-state index contributed by atoms with van der Waals surface area (Å²) in [7, 11) is 0. The molecule has 0 saturated heterocycles. The van der Waals surface area contributed by atoms with E-state index in [4.69, 9.17) is 5.73 Å². The Balaban J connectivity index is 2.00. The van der Waals surface area contributed by atoms with E-state index in [0.717, 1.165) is 21.1 Å². The second-order valence-electron chi connectivity index (χ2n) is 6.25. The first-order valence-corrected chi connectivity index (χ1v) is 9.69. The Hall–Kier alpha value is -2.48. The van der Waals surface area contributed by atoms with Crippen LogP contribution in [0.4, 0.5) is 4.39 Å². The van der Waals surface area contributed by atoms with E-state index < -0.39 is 11.8 Å². The van der Waals surface area contributed by atoms with Gasteiger partial charge in [-0.3, -0.25) is 4.79 Å². The number of aliphatic imine (C=N–C) groups is 1. The minimum Gasteiger partial charge on any atom is -0.369 e.